The summed E-state index contributed by atoms with van der Waals surface area (Å²) in [6, 6.07) is 14.0. The number of halogens is 1. The topological polar surface area (TPSA) is 41.5 Å². The smallest absolute Gasteiger partial charge is 0.133 e. The maximum atomic E-state index is 9.84. The number of aliphatic hydroxyl groups excluding tert-OH is 1. The Labute approximate surface area is 134 Å². The van der Waals surface area contributed by atoms with Crippen LogP contribution in [0.15, 0.2) is 46.9 Å². The van der Waals surface area contributed by atoms with Gasteiger partial charge in [0.05, 0.1) is 17.7 Å². The standard InChI is InChI=1S/C17H20BrNO2/c1-11(13-8-9-17(21-3)15(18)10-13)19-16-7-5-4-6-14(16)12(2)20/h4-12,19-20H,1-3H3. The van der Waals surface area contributed by atoms with E-state index in [-0.39, 0.29) is 6.04 Å². The summed E-state index contributed by atoms with van der Waals surface area (Å²) in [6.07, 6.45) is -0.497. The molecule has 2 aromatic carbocycles. The highest BCUT2D eigenvalue weighted by Crippen LogP contribution is 2.31. The van der Waals surface area contributed by atoms with Crippen molar-refractivity contribution in [3.8, 4) is 5.75 Å². The van der Waals surface area contributed by atoms with Gasteiger partial charge in [0.2, 0.25) is 0 Å². The van der Waals surface area contributed by atoms with Crippen LogP contribution in [0.3, 0.4) is 0 Å². The number of para-hydroxylation sites is 1. The first kappa shape index (κ1) is 15.9. The molecule has 2 unspecified atom stereocenters. The Bertz CT molecular complexity index is 613. The fourth-order valence-corrected chi connectivity index (χ4v) is 2.82. The van der Waals surface area contributed by atoms with Crippen molar-refractivity contribution in [2.45, 2.75) is 26.0 Å². The second-order valence-electron chi connectivity index (χ2n) is 5.02. The first-order valence-corrected chi connectivity index (χ1v) is 7.69. The Hall–Kier alpha value is -1.52. The zero-order chi connectivity index (χ0) is 15.4. The summed E-state index contributed by atoms with van der Waals surface area (Å²) in [4.78, 5) is 0. The van der Waals surface area contributed by atoms with Crippen molar-refractivity contribution in [1.82, 2.24) is 0 Å². The first-order chi connectivity index (χ1) is 10.0. The van der Waals surface area contributed by atoms with Crippen LogP contribution in [0, 0.1) is 0 Å². The van der Waals surface area contributed by atoms with Crippen molar-refractivity contribution in [1.29, 1.82) is 0 Å². The average molecular weight is 350 g/mol. The van der Waals surface area contributed by atoms with E-state index in [9.17, 15) is 5.11 Å². The van der Waals surface area contributed by atoms with Crippen LogP contribution in [-0.4, -0.2) is 12.2 Å². The highest BCUT2D eigenvalue weighted by atomic mass is 79.9. The van der Waals surface area contributed by atoms with Crippen LogP contribution in [0.2, 0.25) is 0 Å². The van der Waals surface area contributed by atoms with Gasteiger partial charge in [-0.2, -0.15) is 0 Å². The molecule has 0 aliphatic rings. The summed E-state index contributed by atoms with van der Waals surface area (Å²) in [7, 11) is 1.65. The number of ether oxygens (including phenoxy) is 1. The lowest BCUT2D eigenvalue weighted by Crippen LogP contribution is -2.09. The van der Waals surface area contributed by atoms with Crippen LogP contribution in [0.5, 0.6) is 5.75 Å². The number of hydrogen-bond acceptors (Lipinski definition) is 3. The van der Waals surface area contributed by atoms with Gasteiger partial charge in [-0.3, -0.25) is 0 Å². The molecule has 0 amide bonds. The fraction of sp³-hybridized carbons (Fsp3) is 0.294. The lowest BCUT2D eigenvalue weighted by atomic mass is 10.0. The van der Waals surface area contributed by atoms with Crippen LogP contribution in [-0.2, 0) is 0 Å². The molecule has 0 aliphatic carbocycles. The minimum atomic E-state index is -0.497. The van der Waals surface area contributed by atoms with E-state index in [1.807, 2.05) is 42.5 Å². The van der Waals surface area contributed by atoms with Gasteiger partial charge in [-0.25, -0.2) is 0 Å². The summed E-state index contributed by atoms with van der Waals surface area (Å²) in [5, 5.41) is 13.3. The quantitative estimate of drug-likeness (QED) is 0.822. The van der Waals surface area contributed by atoms with Crippen molar-refractivity contribution < 1.29 is 9.84 Å². The van der Waals surface area contributed by atoms with Crippen molar-refractivity contribution in [2.75, 3.05) is 12.4 Å². The molecule has 21 heavy (non-hydrogen) atoms. The van der Waals surface area contributed by atoms with E-state index in [2.05, 4.69) is 28.2 Å². The summed E-state index contributed by atoms with van der Waals surface area (Å²) < 4.78 is 6.18. The van der Waals surface area contributed by atoms with Gasteiger partial charge in [-0.1, -0.05) is 24.3 Å². The van der Waals surface area contributed by atoms with Gasteiger partial charge in [-0.15, -0.1) is 0 Å². The Balaban J connectivity index is 2.22. The molecule has 0 radical (unpaired) electrons. The normalized spacial score (nSPS) is 13.6. The van der Waals surface area contributed by atoms with Gasteiger partial charge in [0.15, 0.2) is 0 Å². The highest BCUT2D eigenvalue weighted by molar-refractivity contribution is 9.10. The summed E-state index contributed by atoms with van der Waals surface area (Å²) in [5.74, 6) is 0.815. The SMILES string of the molecule is COc1ccc(C(C)Nc2ccccc2C(C)O)cc1Br. The Morgan fingerprint density at radius 3 is 2.48 bits per heavy atom. The van der Waals surface area contributed by atoms with Crippen LogP contribution in [0.4, 0.5) is 5.69 Å². The molecule has 3 nitrogen and oxygen atoms in total. The molecule has 0 bridgehead atoms. The van der Waals surface area contributed by atoms with Gasteiger partial charge < -0.3 is 15.2 Å². The Morgan fingerprint density at radius 1 is 1.14 bits per heavy atom. The summed E-state index contributed by atoms with van der Waals surface area (Å²) in [6.45, 7) is 3.86. The molecule has 2 atom stereocenters. The fourth-order valence-electron chi connectivity index (χ4n) is 2.26. The number of rotatable bonds is 5. The van der Waals surface area contributed by atoms with Gasteiger partial charge >= 0.3 is 0 Å². The first-order valence-electron chi connectivity index (χ1n) is 6.90. The molecule has 0 saturated carbocycles. The third kappa shape index (κ3) is 3.77. The zero-order valence-corrected chi connectivity index (χ0v) is 14.0. The molecule has 0 fully saturated rings. The highest BCUT2D eigenvalue weighted by Gasteiger charge is 2.12. The maximum absolute atomic E-state index is 9.84. The van der Waals surface area contributed by atoms with Gasteiger partial charge in [0, 0.05) is 17.3 Å². The maximum Gasteiger partial charge on any atom is 0.133 e. The number of benzene rings is 2. The van der Waals surface area contributed by atoms with E-state index in [4.69, 9.17) is 4.74 Å². The number of nitrogens with one attached hydrogen (secondary N) is 1. The van der Waals surface area contributed by atoms with Gasteiger partial charge in [0.25, 0.3) is 0 Å². The van der Waals surface area contributed by atoms with E-state index in [0.717, 1.165) is 27.0 Å². The van der Waals surface area contributed by atoms with Gasteiger partial charge in [0.1, 0.15) is 5.75 Å². The van der Waals surface area contributed by atoms with Gasteiger partial charge in [-0.05, 0) is 53.5 Å². The van der Waals surface area contributed by atoms with Crippen molar-refractivity contribution in [2.24, 2.45) is 0 Å². The molecule has 2 rings (SSSR count). The van der Waals surface area contributed by atoms with Crippen LogP contribution < -0.4 is 10.1 Å². The molecular formula is C17H20BrNO2. The minimum Gasteiger partial charge on any atom is -0.496 e. The number of hydrogen-bond donors (Lipinski definition) is 2. The predicted octanol–water partition coefficient (Wildman–Crippen LogP) is 4.68. The Kier molecular flexibility index (Phi) is 5.26. The monoisotopic (exact) mass is 349 g/mol. The molecule has 2 aromatic rings. The van der Waals surface area contributed by atoms with Crippen molar-refractivity contribution in [3.63, 3.8) is 0 Å². The lowest BCUT2D eigenvalue weighted by Gasteiger charge is -2.20. The van der Waals surface area contributed by atoms with Crippen LogP contribution in [0.25, 0.3) is 0 Å². The van der Waals surface area contributed by atoms with E-state index in [1.165, 1.54) is 0 Å². The van der Waals surface area contributed by atoms with Crippen LogP contribution in [0.1, 0.15) is 37.1 Å². The number of methoxy groups -OCH3 is 1. The molecule has 0 aromatic heterocycles. The van der Waals surface area contributed by atoms with E-state index in [1.54, 1.807) is 14.0 Å². The molecule has 0 spiro atoms. The third-order valence-electron chi connectivity index (χ3n) is 3.46. The van der Waals surface area contributed by atoms with Crippen LogP contribution >= 0.6 is 15.9 Å². The Morgan fingerprint density at radius 2 is 1.86 bits per heavy atom. The third-order valence-corrected chi connectivity index (χ3v) is 4.08. The van der Waals surface area contributed by atoms with E-state index in [0.29, 0.717) is 0 Å². The molecule has 0 heterocycles. The molecule has 4 heteroatoms. The van der Waals surface area contributed by atoms with Crippen molar-refractivity contribution in [3.05, 3.63) is 58.1 Å². The molecule has 112 valence electrons. The zero-order valence-electron chi connectivity index (χ0n) is 12.4. The number of anilines is 1. The second kappa shape index (κ2) is 6.96. The summed E-state index contributed by atoms with van der Waals surface area (Å²) in [5.41, 5.74) is 2.99. The predicted molar refractivity (Wildman–Crippen MR) is 89.8 cm³/mol. The van der Waals surface area contributed by atoms with E-state index < -0.39 is 6.10 Å². The van der Waals surface area contributed by atoms with Crippen molar-refractivity contribution >= 4 is 21.6 Å². The largest absolute Gasteiger partial charge is 0.496 e. The van der Waals surface area contributed by atoms with E-state index >= 15 is 0 Å². The molecule has 0 saturated heterocycles. The molecule has 0 aliphatic heterocycles. The molecular weight excluding hydrogens is 330 g/mol. The second-order valence-corrected chi connectivity index (χ2v) is 5.88. The lowest BCUT2D eigenvalue weighted by molar-refractivity contribution is 0.200. The number of aliphatic hydroxyl groups is 1. The minimum absolute atomic E-state index is 0.118. The molecule has 2 N–H and O–H groups in total. The average Bonchev–Trinajstić information content (AvgIpc) is 2.47. The summed E-state index contributed by atoms with van der Waals surface area (Å²) >= 11 is 3.51.